The predicted molar refractivity (Wildman–Crippen MR) is 130 cm³/mol. The number of aliphatic carboxylic acids is 1. The first-order chi connectivity index (χ1) is 17.3. The summed E-state index contributed by atoms with van der Waals surface area (Å²) in [5.74, 6) is -2.69. The number of nitrogens with one attached hydrogen (secondary N) is 2. The molecule has 0 bridgehead atoms. The molecule has 5 N–H and O–H groups in total. The van der Waals surface area contributed by atoms with Gasteiger partial charge in [0.2, 0.25) is 11.8 Å². The summed E-state index contributed by atoms with van der Waals surface area (Å²) in [4.78, 5) is 34.8. The molecule has 0 spiro atoms. The minimum atomic E-state index is -1.18. The molecule has 188 valence electrons. The van der Waals surface area contributed by atoms with Gasteiger partial charge in [-0.25, -0.2) is 4.39 Å². The summed E-state index contributed by atoms with van der Waals surface area (Å²) in [5, 5.41) is 23.5. The van der Waals surface area contributed by atoms with Crippen LogP contribution in [0.1, 0.15) is 12.1 Å². The Balaban J connectivity index is 1.68. The zero-order valence-electron chi connectivity index (χ0n) is 19.6. The highest BCUT2D eigenvalue weighted by molar-refractivity contribution is 5.99. The molecule has 2 aromatic carbocycles. The summed E-state index contributed by atoms with van der Waals surface area (Å²) < 4.78 is 18.4. The number of carboxylic acid groups (broad SMARTS) is 1. The monoisotopic (exact) mass is 495 g/mol. The standard InChI is InChI=1S/C24H26FN7O4/c1-31-20-9-16(17(25)8-14(20)10-29-31)15-4-2-6-19-24(15)18(5-3-7-26)30-32(19)13-22(34)27-11-21(33)28-12-23(35)36/h2,4,6,8-10H,3,5,7,11-13,26H2,1H3,(H,27,34)(H,28,33)(H,35,36). The lowest BCUT2D eigenvalue weighted by atomic mass is 9.97. The van der Waals surface area contributed by atoms with E-state index in [4.69, 9.17) is 10.8 Å². The highest BCUT2D eigenvalue weighted by atomic mass is 19.1. The maximum Gasteiger partial charge on any atom is 0.322 e. The largest absolute Gasteiger partial charge is 0.480 e. The van der Waals surface area contributed by atoms with Gasteiger partial charge in [-0.3, -0.25) is 23.7 Å². The Morgan fingerprint density at radius 1 is 1.08 bits per heavy atom. The van der Waals surface area contributed by atoms with Crippen LogP contribution in [0.2, 0.25) is 0 Å². The first kappa shape index (κ1) is 24.8. The van der Waals surface area contributed by atoms with Gasteiger partial charge < -0.3 is 21.5 Å². The van der Waals surface area contributed by atoms with Crippen LogP contribution >= 0.6 is 0 Å². The van der Waals surface area contributed by atoms with Gasteiger partial charge in [0.15, 0.2) is 0 Å². The number of aryl methyl sites for hydroxylation is 2. The molecular weight excluding hydrogens is 469 g/mol. The quantitative estimate of drug-likeness (QED) is 0.255. The second-order valence-electron chi connectivity index (χ2n) is 8.30. The maximum absolute atomic E-state index is 15.2. The fourth-order valence-corrected chi connectivity index (χ4v) is 4.08. The molecular formula is C24H26FN7O4. The lowest BCUT2D eigenvalue weighted by molar-refractivity contribution is -0.137. The molecule has 36 heavy (non-hydrogen) atoms. The lowest BCUT2D eigenvalue weighted by Gasteiger charge is -2.09. The third-order valence-electron chi connectivity index (χ3n) is 5.77. The van der Waals surface area contributed by atoms with Crippen molar-refractivity contribution in [1.82, 2.24) is 30.2 Å². The summed E-state index contributed by atoms with van der Waals surface area (Å²) >= 11 is 0. The van der Waals surface area contributed by atoms with Gasteiger partial charge in [-0.1, -0.05) is 12.1 Å². The molecule has 0 aliphatic rings. The Labute approximate surface area is 205 Å². The molecule has 2 aromatic heterocycles. The number of nitrogens with zero attached hydrogens (tertiary/aromatic N) is 4. The van der Waals surface area contributed by atoms with Crippen LogP contribution in [0.4, 0.5) is 4.39 Å². The number of aromatic nitrogens is 4. The normalized spacial score (nSPS) is 11.2. The number of nitrogens with two attached hydrogens (primary N) is 1. The van der Waals surface area contributed by atoms with Crippen LogP contribution in [0, 0.1) is 5.82 Å². The van der Waals surface area contributed by atoms with Crippen molar-refractivity contribution in [3.8, 4) is 11.1 Å². The van der Waals surface area contributed by atoms with E-state index in [0.717, 1.165) is 10.9 Å². The average Bonchev–Trinajstić information content (AvgIpc) is 3.39. The summed E-state index contributed by atoms with van der Waals surface area (Å²) in [6.45, 7) is -0.644. The number of carboxylic acids is 1. The molecule has 0 radical (unpaired) electrons. The molecule has 4 rings (SSSR count). The summed E-state index contributed by atoms with van der Waals surface area (Å²) in [7, 11) is 1.79. The van der Waals surface area contributed by atoms with Crippen LogP contribution in [0.3, 0.4) is 0 Å². The van der Waals surface area contributed by atoms with E-state index in [2.05, 4.69) is 20.8 Å². The zero-order valence-corrected chi connectivity index (χ0v) is 19.6. The second-order valence-corrected chi connectivity index (χ2v) is 8.30. The molecule has 4 aromatic rings. The van der Waals surface area contributed by atoms with Crippen LogP contribution in [-0.4, -0.2) is 62.1 Å². The summed E-state index contributed by atoms with van der Waals surface area (Å²) in [6, 6.07) is 8.58. The average molecular weight is 496 g/mol. The first-order valence-electron chi connectivity index (χ1n) is 11.3. The van der Waals surface area contributed by atoms with Crippen molar-refractivity contribution < 1.29 is 23.9 Å². The van der Waals surface area contributed by atoms with E-state index >= 15 is 4.39 Å². The van der Waals surface area contributed by atoms with E-state index in [9.17, 15) is 14.4 Å². The molecule has 2 amide bonds. The van der Waals surface area contributed by atoms with Crippen molar-refractivity contribution in [3.63, 3.8) is 0 Å². The predicted octanol–water partition coefficient (Wildman–Crippen LogP) is 0.937. The van der Waals surface area contributed by atoms with Crippen molar-refractivity contribution in [2.45, 2.75) is 19.4 Å². The Morgan fingerprint density at radius 3 is 2.61 bits per heavy atom. The van der Waals surface area contributed by atoms with Gasteiger partial charge in [-0.2, -0.15) is 10.2 Å². The Kier molecular flexibility index (Phi) is 7.25. The van der Waals surface area contributed by atoms with Gasteiger partial charge in [0, 0.05) is 23.4 Å². The fraction of sp³-hybridized carbons (Fsp3) is 0.292. The third kappa shape index (κ3) is 5.18. The van der Waals surface area contributed by atoms with Gasteiger partial charge in [0.1, 0.15) is 18.9 Å². The van der Waals surface area contributed by atoms with Gasteiger partial charge in [0.05, 0.1) is 29.5 Å². The molecule has 11 nitrogen and oxygen atoms in total. The number of hydrogen-bond donors (Lipinski definition) is 4. The van der Waals surface area contributed by atoms with Gasteiger partial charge in [0.25, 0.3) is 0 Å². The zero-order chi connectivity index (χ0) is 25.8. The fourth-order valence-electron chi connectivity index (χ4n) is 4.08. The lowest BCUT2D eigenvalue weighted by Crippen LogP contribution is -2.40. The molecule has 0 saturated heterocycles. The van der Waals surface area contributed by atoms with Gasteiger partial charge >= 0.3 is 5.97 Å². The highest BCUT2D eigenvalue weighted by Gasteiger charge is 2.20. The van der Waals surface area contributed by atoms with Crippen LogP contribution in [0.15, 0.2) is 36.5 Å². The van der Waals surface area contributed by atoms with E-state index < -0.39 is 30.1 Å². The number of carbonyl (C=O) groups excluding carboxylic acids is 2. The van der Waals surface area contributed by atoms with E-state index in [-0.39, 0.29) is 13.1 Å². The van der Waals surface area contributed by atoms with Gasteiger partial charge in [-0.15, -0.1) is 0 Å². The van der Waals surface area contributed by atoms with E-state index in [1.54, 1.807) is 36.1 Å². The van der Waals surface area contributed by atoms with Gasteiger partial charge in [-0.05, 0) is 43.1 Å². The van der Waals surface area contributed by atoms with Crippen LogP contribution < -0.4 is 16.4 Å². The minimum Gasteiger partial charge on any atom is -0.480 e. The van der Waals surface area contributed by atoms with Crippen molar-refractivity contribution in [3.05, 3.63) is 48.0 Å². The number of halogens is 1. The number of hydrogen-bond acceptors (Lipinski definition) is 6. The number of carbonyl (C=O) groups is 3. The Hall–Kier alpha value is -4.32. The van der Waals surface area contributed by atoms with E-state index in [1.165, 1.54) is 10.7 Å². The molecule has 0 unspecified atom stereocenters. The smallest absolute Gasteiger partial charge is 0.322 e. The Morgan fingerprint density at radius 2 is 1.86 bits per heavy atom. The maximum atomic E-state index is 15.2. The van der Waals surface area contributed by atoms with Crippen molar-refractivity contribution in [2.75, 3.05) is 19.6 Å². The second kappa shape index (κ2) is 10.5. The number of rotatable bonds is 10. The van der Waals surface area contributed by atoms with Crippen molar-refractivity contribution in [1.29, 1.82) is 0 Å². The molecule has 0 aliphatic heterocycles. The van der Waals surface area contributed by atoms with Crippen LogP contribution in [0.5, 0.6) is 0 Å². The molecule has 2 heterocycles. The molecule has 0 fully saturated rings. The molecule has 0 saturated carbocycles. The van der Waals surface area contributed by atoms with Crippen LogP contribution in [0.25, 0.3) is 32.9 Å². The molecule has 12 heteroatoms. The summed E-state index contributed by atoms with van der Waals surface area (Å²) in [5.41, 5.74) is 8.84. The number of benzene rings is 2. The SMILES string of the molecule is Cn1ncc2cc(F)c(-c3cccc4c3c(CCCN)nn4CC(=O)NCC(=O)NCC(=O)O)cc21. The number of amides is 2. The highest BCUT2D eigenvalue weighted by Crippen LogP contribution is 2.35. The summed E-state index contributed by atoms with van der Waals surface area (Å²) in [6.07, 6.45) is 2.79. The first-order valence-corrected chi connectivity index (χ1v) is 11.3. The van der Waals surface area contributed by atoms with Crippen molar-refractivity contribution in [2.24, 2.45) is 12.8 Å². The van der Waals surface area contributed by atoms with E-state index in [0.29, 0.717) is 47.1 Å². The molecule has 0 aliphatic carbocycles. The Bertz CT molecular complexity index is 1460. The topological polar surface area (TPSA) is 157 Å². The van der Waals surface area contributed by atoms with Crippen LogP contribution in [-0.2, 0) is 34.4 Å². The van der Waals surface area contributed by atoms with E-state index in [1.807, 2.05) is 6.07 Å². The minimum absolute atomic E-state index is 0.183. The van der Waals surface area contributed by atoms with Crippen molar-refractivity contribution >= 4 is 39.6 Å². The third-order valence-corrected chi connectivity index (χ3v) is 5.77. The molecule has 0 atom stereocenters. The number of fused-ring (bicyclic) bond motifs is 2.